The summed E-state index contributed by atoms with van der Waals surface area (Å²) in [5.74, 6) is 0. The van der Waals surface area contributed by atoms with Crippen LogP contribution >= 0.6 is 11.6 Å². The summed E-state index contributed by atoms with van der Waals surface area (Å²) in [7, 11) is 0. The van der Waals surface area contributed by atoms with Gasteiger partial charge >= 0.3 is 0 Å². The van der Waals surface area contributed by atoms with Crippen molar-refractivity contribution < 1.29 is 4.74 Å². The van der Waals surface area contributed by atoms with Crippen LogP contribution in [0.2, 0.25) is 5.02 Å². The molecule has 1 N–H and O–H groups in total. The number of ether oxygens (including phenoxy) is 1. The number of nitrogens with one attached hydrogen (secondary N) is 1. The number of hydrogen-bond donors (Lipinski definition) is 1. The van der Waals surface area contributed by atoms with Crippen molar-refractivity contribution >= 4 is 11.6 Å². The van der Waals surface area contributed by atoms with Crippen molar-refractivity contribution in [1.29, 1.82) is 0 Å². The SMILES string of the molecule is Clc1ccccc1CN1CCC(N[C@@H]2C[C@H]3CC[C@@H]2O3)CC1. The molecule has 1 aromatic carbocycles. The highest BCUT2D eigenvalue weighted by atomic mass is 35.5. The first kappa shape index (κ1) is 14.9. The van der Waals surface area contributed by atoms with Crippen LogP contribution in [-0.2, 0) is 11.3 Å². The molecule has 2 bridgehead atoms. The van der Waals surface area contributed by atoms with Crippen molar-refractivity contribution in [2.24, 2.45) is 0 Å². The van der Waals surface area contributed by atoms with Crippen LogP contribution in [0.5, 0.6) is 0 Å². The molecule has 0 saturated carbocycles. The van der Waals surface area contributed by atoms with E-state index >= 15 is 0 Å². The molecule has 3 atom stereocenters. The zero-order valence-electron chi connectivity index (χ0n) is 13.0. The molecular formula is C18H25ClN2O. The van der Waals surface area contributed by atoms with E-state index in [1.54, 1.807) is 0 Å². The molecule has 22 heavy (non-hydrogen) atoms. The number of hydrogen-bond acceptors (Lipinski definition) is 3. The fourth-order valence-corrected chi connectivity index (χ4v) is 4.44. The van der Waals surface area contributed by atoms with Crippen molar-refractivity contribution in [3.8, 4) is 0 Å². The van der Waals surface area contributed by atoms with Crippen LogP contribution in [0, 0.1) is 0 Å². The Morgan fingerprint density at radius 3 is 2.64 bits per heavy atom. The molecule has 3 aliphatic rings. The molecule has 3 saturated heterocycles. The van der Waals surface area contributed by atoms with Gasteiger partial charge in [-0.2, -0.15) is 0 Å². The van der Waals surface area contributed by atoms with E-state index in [2.05, 4.69) is 22.3 Å². The Bertz CT molecular complexity index is 516. The number of rotatable bonds is 4. The van der Waals surface area contributed by atoms with Crippen molar-refractivity contribution in [1.82, 2.24) is 10.2 Å². The van der Waals surface area contributed by atoms with Crippen LogP contribution < -0.4 is 5.32 Å². The summed E-state index contributed by atoms with van der Waals surface area (Å²) in [6, 6.07) is 9.47. The first-order valence-electron chi connectivity index (χ1n) is 8.65. The number of nitrogens with zero attached hydrogens (tertiary/aromatic N) is 1. The maximum Gasteiger partial charge on any atom is 0.0733 e. The molecule has 120 valence electrons. The van der Waals surface area contributed by atoms with Gasteiger partial charge in [0, 0.05) is 23.7 Å². The molecule has 3 heterocycles. The van der Waals surface area contributed by atoms with E-state index in [9.17, 15) is 0 Å². The van der Waals surface area contributed by atoms with E-state index in [-0.39, 0.29) is 0 Å². The summed E-state index contributed by atoms with van der Waals surface area (Å²) in [4.78, 5) is 2.52. The lowest BCUT2D eigenvalue weighted by Crippen LogP contribution is -2.48. The van der Waals surface area contributed by atoms with E-state index < -0.39 is 0 Å². The summed E-state index contributed by atoms with van der Waals surface area (Å²) >= 11 is 6.27. The molecule has 0 unspecified atom stereocenters. The van der Waals surface area contributed by atoms with E-state index in [4.69, 9.17) is 16.3 Å². The van der Waals surface area contributed by atoms with Gasteiger partial charge in [0.25, 0.3) is 0 Å². The molecule has 3 aliphatic heterocycles. The van der Waals surface area contributed by atoms with E-state index in [0.29, 0.717) is 24.3 Å². The first-order valence-corrected chi connectivity index (χ1v) is 9.03. The zero-order valence-corrected chi connectivity index (χ0v) is 13.8. The van der Waals surface area contributed by atoms with Crippen molar-refractivity contribution in [2.45, 2.75) is 62.9 Å². The molecule has 3 nitrogen and oxygen atoms in total. The van der Waals surface area contributed by atoms with Gasteiger partial charge in [0.1, 0.15) is 0 Å². The molecule has 0 amide bonds. The van der Waals surface area contributed by atoms with Gasteiger partial charge in [-0.15, -0.1) is 0 Å². The van der Waals surface area contributed by atoms with Crippen molar-refractivity contribution in [2.75, 3.05) is 13.1 Å². The van der Waals surface area contributed by atoms with Crippen LogP contribution in [-0.4, -0.2) is 42.3 Å². The van der Waals surface area contributed by atoms with Gasteiger partial charge < -0.3 is 10.1 Å². The number of likely N-dealkylation sites (tertiary alicyclic amines) is 1. The first-order chi connectivity index (χ1) is 10.8. The topological polar surface area (TPSA) is 24.5 Å². The summed E-state index contributed by atoms with van der Waals surface area (Å²) in [6.07, 6.45) is 7.27. The van der Waals surface area contributed by atoms with Crippen LogP contribution in [0.25, 0.3) is 0 Å². The number of fused-ring (bicyclic) bond motifs is 2. The van der Waals surface area contributed by atoms with E-state index in [1.807, 2.05) is 12.1 Å². The Kier molecular flexibility index (Phi) is 4.40. The second kappa shape index (κ2) is 6.48. The van der Waals surface area contributed by atoms with Crippen molar-refractivity contribution in [3.63, 3.8) is 0 Å². The molecular weight excluding hydrogens is 296 g/mol. The standard InChI is InChI=1S/C18H25ClN2O/c19-16-4-2-1-3-13(16)12-21-9-7-14(8-10-21)20-17-11-15-5-6-18(17)22-15/h1-4,14-15,17-18,20H,5-12H2/t15-,17-,18+/m1/s1. The molecule has 0 spiro atoms. The summed E-state index contributed by atoms with van der Waals surface area (Å²) in [5.41, 5.74) is 1.25. The Morgan fingerprint density at radius 1 is 1.14 bits per heavy atom. The zero-order chi connectivity index (χ0) is 14.9. The molecule has 0 radical (unpaired) electrons. The normalized spacial score (nSPS) is 32.7. The largest absolute Gasteiger partial charge is 0.373 e. The minimum absolute atomic E-state index is 0.492. The third kappa shape index (κ3) is 3.18. The molecule has 4 heteroatoms. The van der Waals surface area contributed by atoms with E-state index in [0.717, 1.165) is 24.7 Å². The molecule has 4 rings (SSSR count). The van der Waals surface area contributed by atoms with Gasteiger partial charge in [-0.1, -0.05) is 29.8 Å². The fraction of sp³-hybridized carbons (Fsp3) is 0.667. The highest BCUT2D eigenvalue weighted by molar-refractivity contribution is 6.31. The predicted molar refractivity (Wildman–Crippen MR) is 89.2 cm³/mol. The van der Waals surface area contributed by atoms with Gasteiger partial charge in [-0.3, -0.25) is 4.90 Å². The van der Waals surface area contributed by atoms with Crippen LogP contribution in [0.4, 0.5) is 0 Å². The lowest BCUT2D eigenvalue weighted by Gasteiger charge is -2.35. The van der Waals surface area contributed by atoms with Gasteiger partial charge in [0.05, 0.1) is 12.2 Å². The number of piperidine rings is 1. The summed E-state index contributed by atoms with van der Waals surface area (Å²) in [6.45, 7) is 3.29. The Balaban J connectivity index is 1.25. The fourth-order valence-electron chi connectivity index (χ4n) is 4.24. The molecule has 0 aliphatic carbocycles. The van der Waals surface area contributed by atoms with Crippen LogP contribution in [0.3, 0.4) is 0 Å². The molecule has 3 fully saturated rings. The van der Waals surface area contributed by atoms with Crippen LogP contribution in [0.1, 0.15) is 37.7 Å². The smallest absolute Gasteiger partial charge is 0.0733 e. The second-order valence-corrected chi connectivity index (χ2v) is 7.43. The number of halogens is 1. The summed E-state index contributed by atoms with van der Waals surface area (Å²) in [5, 5.41) is 4.76. The summed E-state index contributed by atoms with van der Waals surface area (Å²) < 4.78 is 5.95. The Hall–Kier alpha value is -0.610. The highest BCUT2D eigenvalue weighted by Gasteiger charge is 2.41. The molecule has 0 aromatic heterocycles. The van der Waals surface area contributed by atoms with Gasteiger partial charge in [0.15, 0.2) is 0 Å². The number of benzene rings is 1. The predicted octanol–water partition coefficient (Wildman–Crippen LogP) is 3.21. The van der Waals surface area contributed by atoms with Crippen LogP contribution in [0.15, 0.2) is 24.3 Å². The lowest BCUT2D eigenvalue weighted by molar-refractivity contribution is 0.0931. The minimum atomic E-state index is 0.492. The van der Waals surface area contributed by atoms with E-state index in [1.165, 1.54) is 37.7 Å². The maximum atomic E-state index is 6.27. The van der Waals surface area contributed by atoms with Gasteiger partial charge in [-0.25, -0.2) is 0 Å². The maximum absolute atomic E-state index is 6.27. The minimum Gasteiger partial charge on any atom is -0.373 e. The quantitative estimate of drug-likeness (QED) is 0.922. The third-order valence-electron chi connectivity index (χ3n) is 5.50. The average Bonchev–Trinajstić information content (AvgIpc) is 3.14. The Morgan fingerprint density at radius 2 is 1.95 bits per heavy atom. The van der Waals surface area contributed by atoms with Gasteiger partial charge in [-0.05, 0) is 56.8 Å². The Labute approximate surface area is 138 Å². The van der Waals surface area contributed by atoms with Gasteiger partial charge in [0.2, 0.25) is 0 Å². The second-order valence-electron chi connectivity index (χ2n) is 7.02. The third-order valence-corrected chi connectivity index (χ3v) is 5.86. The molecule has 1 aromatic rings. The monoisotopic (exact) mass is 320 g/mol. The lowest BCUT2D eigenvalue weighted by atomic mass is 9.93. The highest BCUT2D eigenvalue weighted by Crippen LogP contribution is 2.35. The average molecular weight is 321 g/mol. The van der Waals surface area contributed by atoms with Crippen molar-refractivity contribution in [3.05, 3.63) is 34.9 Å².